The van der Waals surface area contributed by atoms with E-state index in [2.05, 4.69) is 100 Å². The van der Waals surface area contributed by atoms with Gasteiger partial charge in [0.1, 0.15) is 0 Å². The Morgan fingerprint density at radius 1 is 0.826 bits per heavy atom. The average Bonchev–Trinajstić information content (AvgIpc) is 2.43. The van der Waals surface area contributed by atoms with Crippen LogP contribution >= 0.6 is 0 Å². The summed E-state index contributed by atoms with van der Waals surface area (Å²) in [6, 6.07) is 18.0. The van der Waals surface area contributed by atoms with Crippen molar-refractivity contribution in [3.05, 3.63) is 70.9 Å². The van der Waals surface area contributed by atoms with Crippen molar-refractivity contribution in [3.63, 3.8) is 0 Å². The van der Waals surface area contributed by atoms with Crippen LogP contribution in [0.5, 0.6) is 0 Å². The number of hydrogen-bond donors (Lipinski definition) is 0. The number of benzene rings is 2. The molecular formula is C21H30Si2. The van der Waals surface area contributed by atoms with Crippen LogP contribution in [0, 0.1) is 6.92 Å². The highest BCUT2D eigenvalue weighted by molar-refractivity contribution is 6.89. The minimum Gasteiger partial charge on any atom is -0.0867 e. The van der Waals surface area contributed by atoms with E-state index in [0.29, 0.717) is 0 Å². The summed E-state index contributed by atoms with van der Waals surface area (Å²) in [5.74, 6) is 0. The molecule has 0 spiro atoms. The molecular weight excluding hydrogens is 308 g/mol. The lowest BCUT2D eigenvalue weighted by Crippen LogP contribution is -2.40. The number of rotatable bonds is 4. The fourth-order valence-corrected chi connectivity index (χ4v) is 5.74. The zero-order valence-corrected chi connectivity index (χ0v) is 17.7. The Hall–Kier alpha value is -1.39. The third-order valence-electron chi connectivity index (χ3n) is 3.93. The Labute approximate surface area is 144 Å². The summed E-state index contributed by atoms with van der Waals surface area (Å²) < 4.78 is 0. The molecule has 0 atom stereocenters. The van der Waals surface area contributed by atoms with E-state index in [1.807, 2.05) is 0 Å². The molecule has 122 valence electrons. The van der Waals surface area contributed by atoms with Crippen LogP contribution in [0.15, 0.2) is 54.2 Å². The molecule has 0 fully saturated rings. The minimum absolute atomic E-state index is 1.33. The quantitative estimate of drug-likeness (QED) is 0.613. The van der Waals surface area contributed by atoms with E-state index >= 15 is 0 Å². The second-order valence-electron chi connectivity index (χ2n) is 8.59. The van der Waals surface area contributed by atoms with Gasteiger partial charge >= 0.3 is 0 Å². The molecule has 0 bridgehead atoms. The average molecular weight is 339 g/mol. The topological polar surface area (TPSA) is 0 Å². The van der Waals surface area contributed by atoms with Gasteiger partial charge in [0.2, 0.25) is 0 Å². The maximum Gasteiger partial charge on any atom is 0.0784 e. The summed E-state index contributed by atoms with van der Waals surface area (Å²) >= 11 is 0. The second kappa shape index (κ2) is 6.62. The van der Waals surface area contributed by atoms with Gasteiger partial charge in [-0.15, -0.1) is 0 Å². The zero-order valence-electron chi connectivity index (χ0n) is 15.7. The van der Waals surface area contributed by atoms with Crippen molar-refractivity contribution in [2.45, 2.75) is 46.2 Å². The van der Waals surface area contributed by atoms with Crippen LogP contribution in [-0.2, 0) is 0 Å². The Morgan fingerprint density at radius 2 is 1.48 bits per heavy atom. The molecule has 0 aliphatic rings. The predicted octanol–water partition coefficient (Wildman–Crippen LogP) is 5.85. The maximum atomic E-state index is 2.57. The zero-order chi connectivity index (χ0) is 17.3. The summed E-state index contributed by atoms with van der Waals surface area (Å²) in [4.78, 5) is 0. The van der Waals surface area contributed by atoms with Gasteiger partial charge in [-0.3, -0.25) is 0 Å². The van der Waals surface area contributed by atoms with Crippen LogP contribution in [0.4, 0.5) is 0 Å². The Morgan fingerprint density at radius 3 is 2.04 bits per heavy atom. The van der Waals surface area contributed by atoms with Gasteiger partial charge in [0.25, 0.3) is 0 Å². The molecule has 0 amide bonds. The van der Waals surface area contributed by atoms with Crippen molar-refractivity contribution in [1.29, 1.82) is 0 Å². The molecule has 2 rings (SSSR count). The first-order valence-electron chi connectivity index (χ1n) is 8.48. The van der Waals surface area contributed by atoms with Crippen LogP contribution in [0.2, 0.25) is 39.3 Å². The normalized spacial score (nSPS) is 13.3. The van der Waals surface area contributed by atoms with Crippen LogP contribution in [0.3, 0.4) is 0 Å². The largest absolute Gasteiger partial charge is 0.0867 e. The van der Waals surface area contributed by atoms with E-state index < -0.39 is 16.1 Å². The van der Waals surface area contributed by atoms with E-state index in [1.54, 1.807) is 5.19 Å². The molecule has 0 N–H and O–H groups in total. The van der Waals surface area contributed by atoms with Crippen LogP contribution in [0.1, 0.15) is 16.7 Å². The Balaban J connectivity index is 2.73. The second-order valence-corrected chi connectivity index (χ2v) is 18.6. The summed E-state index contributed by atoms with van der Waals surface area (Å²) in [6.07, 6.45) is 0. The first-order valence-corrected chi connectivity index (χ1v) is 15.6. The summed E-state index contributed by atoms with van der Waals surface area (Å²) in [5, 5.41) is 1.56. The predicted molar refractivity (Wildman–Crippen MR) is 111 cm³/mol. The van der Waals surface area contributed by atoms with Crippen molar-refractivity contribution in [1.82, 2.24) is 0 Å². The van der Waals surface area contributed by atoms with E-state index in [4.69, 9.17) is 0 Å². The van der Waals surface area contributed by atoms with E-state index in [0.717, 1.165) is 0 Å². The molecule has 0 saturated carbocycles. The summed E-state index contributed by atoms with van der Waals surface area (Å²) in [6.45, 7) is 16.7. The summed E-state index contributed by atoms with van der Waals surface area (Å²) in [5.41, 5.74) is 8.14. The maximum absolute atomic E-state index is 2.57. The van der Waals surface area contributed by atoms with Gasteiger partial charge < -0.3 is 0 Å². The number of aryl methyl sites for hydroxylation is 1. The SMILES string of the molecule is Cc1cccc(/C(=C/[Si](C)(C)C)c2ccccc2[Si](C)(C)C)c1. The van der Waals surface area contributed by atoms with Crippen molar-refractivity contribution in [2.75, 3.05) is 0 Å². The number of hydrogen-bond acceptors (Lipinski definition) is 0. The van der Waals surface area contributed by atoms with E-state index in [-0.39, 0.29) is 0 Å². The first-order chi connectivity index (χ1) is 10.6. The molecule has 0 unspecified atom stereocenters. The van der Waals surface area contributed by atoms with Crippen molar-refractivity contribution in [3.8, 4) is 0 Å². The molecule has 23 heavy (non-hydrogen) atoms. The third-order valence-corrected chi connectivity index (χ3v) is 7.14. The molecule has 0 radical (unpaired) electrons. The van der Waals surface area contributed by atoms with E-state index in [1.165, 1.54) is 22.3 Å². The highest BCUT2D eigenvalue weighted by atomic mass is 28.3. The van der Waals surface area contributed by atoms with Crippen molar-refractivity contribution in [2.24, 2.45) is 0 Å². The molecule has 0 aliphatic carbocycles. The molecule has 2 heteroatoms. The highest BCUT2D eigenvalue weighted by Gasteiger charge is 2.23. The highest BCUT2D eigenvalue weighted by Crippen LogP contribution is 2.27. The minimum atomic E-state index is -1.39. The summed E-state index contributed by atoms with van der Waals surface area (Å²) in [7, 11) is -2.72. The molecule has 0 aliphatic heterocycles. The molecule has 2 aromatic carbocycles. The molecule has 0 aromatic heterocycles. The lowest BCUT2D eigenvalue weighted by molar-refractivity contribution is 1.44. The van der Waals surface area contributed by atoms with Gasteiger partial charge in [-0.2, -0.15) is 0 Å². The van der Waals surface area contributed by atoms with Gasteiger partial charge in [-0.05, 0) is 23.6 Å². The lowest BCUT2D eigenvalue weighted by atomic mass is 9.98. The van der Waals surface area contributed by atoms with Gasteiger partial charge in [0.05, 0.1) is 16.1 Å². The lowest BCUT2D eigenvalue weighted by Gasteiger charge is -2.24. The van der Waals surface area contributed by atoms with Crippen molar-refractivity contribution >= 4 is 26.9 Å². The Bertz CT molecular complexity index is 713. The van der Waals surface area contributed by atoms with Crippen LogP contribution in [-0.4, -0.2) is 16.1 Å². The van der Waals surface area contributed by atoms with Gasteiger partial charge in [-0.25, -0.2) is 0 Å². The third kappa shape index (κ3) is 4.79. The first kappa shape index (κ1) is 18.0. The molecule has 0 heterocycles. The fourth-order valence-electron chi connectivity index (χ4n) is 2.93. The monoisotopic (exact) mass is 338 g/mol. The van der Waals surface area contributed by atoms with Crippen LogP contribution in [0.25, 0.3) is 5.57 Å². The van der Waals surface area contributed by atoms with Gasteiger partial charge in [0, 0.05) is 0 Å². The molecule has 2 aromatic rings. The molecule has 0 saturated heterocycles. The standard InChI is InChI=1S/C21H30Si2/c1-17-11-10-12-18(15-17)20(16-22(2,3)4)19-13-8-9-14-21(19)23(5,6)7/h8-16H,1-7H3/b20-16-. The van der Waals surface area contributed by atoms with Gasteiger partial charge in [-0.1, -0.05) is 104 Å². The van der Waals surface area contributed by atoms with Crippen LogP contribution < -0.4 is 5.19 Å². The van der Waals surface area contributed by atoms with E-state index in [9.17, 15) is 0 Å². The van der Waals surface area contributed by atoms with Gasteiger partial charge in [0.15, 0.2) is 0 Å². The smallest absolute Gasteiger partial charge is 0.0784 e. The Kier molecular flexibility index (Phi) is 5.17. The fraction of sp³-hybridized carbons (Fsp3) is 0.333. The molecule has 0 nitrogen and oxygen atoms in total. The van der Waals surface area contributed by atoms with Crippen molar-refractivity contribution < 1.29 is 0 Å².